The molecule has 0 aromatic heterocycles. The van der Waals surface area contributed by atoms with Gasteiger partial charge in [-0.1, -0.05) is 0 Å². The monoisotopic (exact) mass is 309 g/mol. The van der Waals surface area contributed by atoms with Gasteiger partial charge in [0.05, 0.1) is 6.10 Å². The molecule has 1 rings (SSSR count). The summed E-state index contributed by atoms with van der Waals surface area (Å²) in [5, 5.41) is 12.5. The van der Waals surface area contributed by atoms with Gasteiger partial charge in [0.15, 0.2) is 5.72 Å². The zero-order chi connectivity index (χ0) is 17.1. The number of aryl methyl sites for hydroxylation is 1. The third-order valence-corrected chi connectivity index (χ3v) is 3.41. The summed E-state index contributed by atoms with van der Waals surface area (Å²) in [5.41, 5.74) is 2.04. The molecule has 1 aromatic carbocycles. The van der Waals surface area contributed by atoms with Gasteiger partial charge in [0.25, 0.3) is 0 Å². The van der Waals surface area contributed by atoms with Crippen LogP contribution in [0.3, 0.4) is 0 Å². The molecule has 124 valence electrons. The number of carbonyl (C=O) groups excluding carboxylic acids is 1. The Morgan fingerprint density at radius 2 is 1.91 bits per heavy atom. The van der Waals surface area contributed by atoms with E-state index in [1.807, 2.05) is 40.7 Å². The molecule has 0 bridgehead atoms. The van der Waals surface area contributed by atoms with Crippen molar-refractivity contribution in [2.24, 2.45) is 0 Å². The average Bonchev–Trinajstić information content (AvgIpc) is 2.38. The molecular formula is C17H27NO4. The lowest BCUT2D eigenvalue weighted by Crippen LogP contribution is -2.47. The number of ether oxygens (including phenoxy) is 2. The van der Waals surface area contributed by atoms with Gasteiger partial charge in [-0.2, -0.15) is 0 Å². The Balaban J connectivity index is 3.04. The molecule has 1 aromatic rings. The van der Waals surface area contributed by atoms with E-state index in [1.165, 1.54) is 6.92 Å². The van der Waals surface area contributed by atoms with Gasteiger partial charge in [-0.25, -0.2) is 0 Å². The van der Waals surface area contributed by atoms with Crippen molar-refractivity contribution >= 4 is 5.97 Å². The van der Waals surface area contributed by atoms with Crippen molar-refractivity contribution in [3.05, 3.63) is 22.8 Å². The van der Waals surface area contributed by atoms with Crippen LogP contribution in [0.2, 0.25) is 0 Å². The largest absolute Gasteiger partial charge is 0.473 e. The summed E-state index contributed by atoms with van der Waals surface area (Å²) in [6.07, 6.45) is -0.446. The topological polar surface area (TPSA) is 67.8 Å². The highest BCUT2D eigenvalue weighted by Crippen LogP contribution is 2.34. The Labute approximate surface area is 132 Å². The number of hydrogen-bond donors (Lipinski definition) is 2. The van der Waals surface area contributed by atoms with E-state index < -0.39 is 11.8 Å². The quantitative estimate of drug-likeness (QED) is 0.480. The molecule has 0 aliphatic rings. The van der Waals surface area contributed by atoms with Crippen molar-refractivity contribution in [2.75, 3.05) is 6.54 Å². The van der Waals surface area contributed by atoms with E-state index in [9.17, 15) is 9.90 Å². The Morgan fingerprint density at radius 1 is 1.32 bits per heavy atom. The Morgan fingerprint density at radius 3 is 2.41 bits per heavy atom. The first kappa shape index (κ1) is 18.5. The molecule has 0 amide bonds. The molecule has 0 heterocycles. The molecule has 5 nitrogen and oxygen atoms in total. The molecule has 1 unspecified atom stereocenters. The lowest BCUT2D eigenvalue weighted by Gasteiger charge is -2.30. The van der Waals surface area contributed by atoms with Crippen LogP contribution in [-0.2, 0) is 4.79 Å². The maximum atomic E-state index is 11.2. The highest BCUT2D eigenvalue weighted by atomic mass is 16.5. The summed E-state index contributed by atoms with van der Waals surface area (Å²) in [7, 11) is 0. The maximum Gasteiger partial charge on any atom is 0.308 e. The van der Waals surface area contributed by atoms with Crippen molar-refractivity contribution in [2.45, 2.75) is 60.3 Å². The first-order chi connectivity index (χ1) is 10.0. The molecule has 1 atom stereocenters. The Bertz CT molecular complexity index is 550. The summed E-state index contributed by atoms with van der Waals surface area (Å²) < 4.78 is 11.3. The van der Waals surface area contributed by atoms with Gasteiger partial charge < -0.3 is 14.6 Å². The fourth-order valence-corrected chi connectivity index (χ4v) is 2.13. The molecule has 0 saturated carbocycles. The Kier molecular flexibility index (Phi) is 5.97. The molecule has 0 saturated heterocycles. The molecule has 0 fully saturated rings. The van der Waals surface area contributed by atoms with Crippen LogP contribution < -0.4 is 14.8 Å². The highest BCUT2D eigenvalue weighted by Gasteiger charge is 2.22. The summed E-state index contributed by atoms with van der Waals surface area (Å²) in [6.45, 7) is 13.1. The van der Waals surface area contributed by atoms with Crippen LogP contribution in [0.5, 0.6) is 11.5 Å². The number of aliphatic hydroxyl groups is 1. The van der Waals surface area contributed by atoms with Crippen LogP contribution in [0.4, 0.5) is 0 Å². The number of nitrogens with one attached hydrogen (secondary N) is 1. The molecule has 2 N–H and O–H groups in total. The van der Waals surface area contributed by atoms with Crippen molar-refractivity contribution in [1.29, 1.82) is 0 Å². The normalized spacial score (nSPS) is 12.9. The van der Waals surface area contributed by atoms with Gasteiger partial charge in [-0.15, -0.1) is 0 Å². The third kappa shape index (κ3) is 5.00. The van der Waals surface area contributed by atoms with Gasteiger partial charge in [0.1, 0.15) is 11.5 Å². The van der Waals surface area contributed by atoms with E-state index >= 15 is 0 Å². The zero-order valence-corrected chi connectivity index (χ0v) is 14.5. The van der Waals surface area contributed by atoms with Crippen LogP contribution >= 0.6 is 0 Å². The van der Waals surface area contributed by atoms with E-state index in [1.54, 1.807) is 6.92 Å². The number of aliphatic hydroxyl groups excluding tert-OH is 1. The van der Waals surface area contributed by atoms with Gasteiger partial charge in [0.2, 0.25) is 0 Å². The fourth-order valence-electron chi connectivity index (χ4n) is 2.13. The first-order valence-corrected chi connectivity index (χ1v) is 7.45. The predicted molar refractivity (Wildman–Crippen MR) is 86.4 cm³/mol. The van der Waals surface area contributed by atoms with Gasteiger partial charge in [0, 0.05) is 13.5 Å². The van der Waals surface area contributed by atoms with Gasteiger partial charge in [-0.05, 0) is 64.3 Å². The summed E-state index contributed by atoms with van der Waals surface area (Å²) >= 11 is 0. The number of carbonyl (C=O) groups is 1. The minimum Gasteiger partial charge on any atom is -0.473 e. The van der Waals surface area contributed by atoms with Crippen LogP contribution in [0.1, 0.15) is 44.4 Å². The second-order valence-electron chi connectivity index (χ2n) is 6.21. The summed E-state index contributed by atoms with van der Waals surface area (Å²) in [5.74, 6) is 0.985. The number of hydrogen-bond acceptors (Lipinski definition) is 5. The number of benzene rings is 1. The zero-order valence-electron chi connectivity index (χ0n) is 14.5. The van der Waals surface area contributed by atoms with Crippen molar-refractivity contribution in [1.82, 2.24) is 5.32 Å². The minimum atomic E-state index is -0.621. The Hall–Kier alpha value is -1.59. The second kappa shape index (κ2) is 7.11. The van der Waals surface area contributed by atoms with E-state index in [4.69, 9.17) is 9.47 Å². The molecular weight excluding hydrogens is 282 g/mol. The van der Waals surface area contributed by atoms with E-state index in [0.29, 0.717) is 12.3 Å². The van der Waals surface area contributed by atoms with E-state index in [2.05, 4.69) is 5.32 Å². The van der Waals surface area contributed by atoms with Gasteiger partial charge in [-0.3, -0.25) is 10.1 Å². The molecule has 0 spiro atoms. The van der Waals surface area contributed by atoms with Crippen molar-refractivity contribution < 1.29 is 19.4 Å². The standard InChI is InChI=1S/C17H27NO4/c1-10-8-15(22-17(6,7)18-9-11(2)19)12(3)13(4)16(10)21-14(5)20/h8,11,18-19H,9H2,1-7H3. The number of esters is 1. The van der Waals surface area contributed by atoms with E-state index in [-0.39, 0.29) is 5.97 Å². The molecule has 22 heavy (non-hydrogen) atoms. The van der Waals surface area contributed by atoms with Crippen molar-refractivity contribution in [3.8, 4) is 11.5 Å². The van der Waals surface area contributed by atoms with Crippen LogP contribution in [0.15, 0.2) is 6.07 Å². The first-order valence-electron chi connectivity index (χ1n) is 7.45. The smallest absolute Gasteiger partial charge is 0.308 e. The molecule has 0 aliphatic heterocycles. The summed E-state index contributed by atoms with van der Waals surface area (Å²) in [6, 6.07) is 1.87. The average molecular weight is 309 g/mol. The lowest BCUT2D eigenvalue weighted by molar-refractivity contribution is -0.132. The summed E-state index contributed by atoms with van der Waals surface area (Å²) in [4.78, 5) is 11.2. The van der Waals surface area contributed by atoms with Crippen molar-refractivity contribution in [3.63, 3.8) is 0 Å². The second-order valence-corrected chi connectivity index (χ2v) is 6.21. The highest BCUT2D eigenvalue weighted by molar-refractivity contribution is 5.71. The molecule has 0 radical (unpaired) electrons. The fraction of sp³-hybridized carbons (Fsp3) is 0.588. The SMILES string of the molecule is CC(=O)Oc1c(C)cc(OC(C)(C)NCC(C)O)c(C)c1C. The molecule has 5 heteroatoms. The molecule has 0 aliphatic carbocycles. The lowest BCUT2D eigenvalue weighted by atomic mass is 10.0. The van der Waals surface area contributed by atoms with Crippen LogP contribution in [0, 0.1) is 20.8 Å². The predicted octanol–water partition coefficient (Wildman–Crippen LogP) is 2.62. The number of rotatable bonds is 6. The van der Waals surface area contributed by atoms with Crippen LogP contribution in [0.25, 0.3) is 0 Å². The maximum absolute atomic E-state index is 11.2. The van der Waals surface area contributed by atoms with Gasteiger partial charge >= 0.3 is 5.97 Å². The van der Waals surface area contributed by atoms with Crippen LogP contribution in [-0.4, -0.2) is 29.4 Å². The third-order valence-electron chi connectivity index (χ3n) is 3.41. The minimum absolute atomic E-state index is 0.335. The van der Waals surface area contributed by atoms with E-state index in [0.717, 1.165) is 22.4 Å².